The maximum atomic E-state index is 13.5. The lowest BCUT2D eigenvalue weighted by molar-refractivity contribution is 0.594. The molecule has 3 aromatic rings. The number of halogens is 3. The number of hydrogen-bond acceptors (Lipinski definition) is 5. The number of sulfonamides is 1. The lowest BCUT2D eigenvalue weighted by atomic mass is 10.1. The zero-order chi connectivity index (χ0) is 19.8. The van der Waals surface area contributed by atoms with Gasteiger partial charge in [-0.3, -0.25) is 0 Å². The number of nitrogens with one attached hydrogen (secondary N) is 2. The Morgan fingerprint density at radius 1 is 1.22 bits per heavy atom. The standard InChI is InChI=1S/C16H14ClF2N5O2S/c1-8-11(18)4-5-13(22-8)23-15(9-2-3-12(19)10(17)6-9)16-21-7-14(24-16)27(20,25)26/h2-7,15H,1H3,(H,21,24)(H,22,23)(H2,20,25,26). The minimum atomic E-state index is -3.99. The topological polar surface area (TPSA) is 114 Å². The van der Waals surface area contributed by atoms with Gasteiger partial charge in [-0.25, -0.2) is 32.3 Å². The summed E-state index contributed by atoms with van der Waals surface area (Å²) in [5, 5.41) is 7.69. The minimum Gasteiger partial charge on any atom is -0.356 e. The maximum absolute atomic E-state index is 13.5. The largest absolute Gasteiger partial charge is 0.356 e. The van der Waals surface area contributed by atoms with Crippen LogP contribution < -0.4 is 10.5 Å². The van der Waals surface area contributed by atoms with Gasteiger partial charge in [-0.2, -0.15) is 0 Å². The summed E-state index contributed by atoms with van der Waals surface area (Å²) >= 11 is 5.86. The van der Waals surface area contributed by atoms with Crippen LogP contribution in [0.15, 0.2) is 41.6 Å². The van der Waals surface area contributed by atoms with E-state index in [0.29, 0.717) is 11.4 Å². The monoisotopic (exact) mass is 413 g/mol. The van der Waals surface area contributed by atoms with Crippen molar-refractivity contribution in [1.29, 1.82) is 0 Å². The van der Waals surface area contributed by atoms with E-state index in [9.17, 15) is 17.2 Å². The van der Waals surface area contributed by atoms with E-state index in [1.54, 1.807) is 0 Å². The molecule has 4 N–H and O–H groups in total. The van der Waals surface area contributed by atoms with Gasteiger partial charge in [0.1, 0.15) is 29.3 Å². The molecule has 0 aliphatic rings. The molecular formula is C16H14ClF2N5O2S. The van der Waals surface area contributed by atoms with Crippen LogP contribution in [0.25, 0.3) is 0 Å². The highest BCUT2D eigenvalue weighted by Gasteiger charge is 2.22. The Morgan fingerprint density at radius 3 is 2.52 bits per heavy atom. The molecule has 0 saturated carbocycles. The Bertz CT molecular complexity index is 1100. The molecule has 11 heteroatoms. The molecule has 1 atom stereocenters. The van der Waals surface area contributed by atoms with Gasteiger partial charge in [0.2, 0.25) is 0 Å². The van der Waals surface area contributed by atoms with Crippen molar-refractivity contribution in [2.45, 2.75) is 18.0 Å². The van der Waals surface area contributed by atoms with Crippen molar-refractivity contribution in [3.05, 3.63) is 70.3 Å². The van der Waals surface area contributed by atoms with Crippen molar-refractivity contribution >= 4 is 27.4 Å². The summed E-state index contributed by atoms with van der Waals surface area (Å²) in [6, 6.07) is 5.84. The third kappa shape index (κ3) is 4.24. The van der Waals surface area contributed by atoms with Crippen molar-refractivity contribution in [3.63, 3.8) is 0 Å². The normalized spacial score (nSPS) is 12.8. The highest BCUT2D eigenvalue weighted by molar-refractivity contribution is 7.89. The molecule has 1 unspecified atom stereocenters. The second kappa shape index (κ2) is 7.22. The van der Waals surface area contributed by atoms with Gasteiger partial charge < -0.3 is 10.3 Å². The SMILES string of the molecule is Cc1nc(NC(c2ccc(F)c(Cl)c2)c2ncc(S(N)(=O)=O)[nH]2)ccc1F. The van der Waals surface area contributed by atoms with Crippen LogP contribution in [-0.4, -0.2) is 23.4 Å². The van der Waals surface area contributed by atoms with Crippen LogP contribution in [0.4, 0.5) is 14.6 Å². The number of aromatic nitrogens is 3. The average molecular weight is 414 g/mol. The van der Waals surface area contributed by atoms with Gasteiger partial charge in [0.25, 0.3) is 10.0 Å². The molecular weight excluding hydrogens is 400 g/mol. The summed E-state index contributed by atoms with van der Waals surface area (Å²) in [5.74, 6) is -0.616. The van der Waals surface area contributed by atoms with Crippen LogP contribution in [0.5, 0.6) is 0 Å². The zero-order valence-electron chi connectivity index (χ0n) is 13.9. The van der Waals surface area contributed by atoms with E-state index >= 15 is 0 Å². The van der Waals surface area contributed by atoms with Gasteiger partial charge in [-0.15, -0.1) is 0 Å². The third-order valence-corrected chi connectivity index (χ3v) is 4.85. The molecule has 7 nitrogen and oxygen atoms in total. The average Bonchev–Trinajstić information content (AvgIpc) is 3.08. The number of aryl methyl sites for hydroxylation is 1. The van der Waals surface area contributed by atoms with E-state index in [2.05, 4.69) is 20.3 Å². The summed E-state index contributed by atoms with van der Waals surface area (Å²) in [7, 11) is -3.99. The Labute approximate surface area is 158 Å². The van der Waals surface area contributed by atoms with Gasteiger partial charge in [0.05, 0.1) is 16.9 Å². The van der Waals surface area contributed by atoms with E-state index in [1.165, 1.54) is 37.3 Å². The van der Waals surface area contributed by atoms with Crippen molar-refractivity contribution in [1.82, 2.24) is 15.0 Å². The summed E-state index contributed by atoms with van der Waals surface area (Å²) < 4.78 is 50.0. The first-order valence-electron chi connectivity index (χ1n) is 7.57. The highest BCUT2D eigenvalue weighted by Crippen LogP contribution is 2.28. The fourth-order valence-corrected chi connectivity index (χ4v) is 3.02. The van der Waals surface area contributed by atoms with Crippen LogP contribution in [0, 0.1) is 18.6 Å². The predicted octanol–water partition coefficient (Wildman–Crippen LogP) is 2.89. The van der Waals surface area contributed by atoms with Gasteiger partial charge in [0, 0.05) is 0 Å². The van der Waals surface area contributed by atoms with E-state index in [-0.39, 0.29) is 21.6 Å². The Kier molecular flexibility index (Phi) is 5.13. The summed E-state index contributed by atoms with van der Waals surface area (Å²) in [6.45, 7) is 1.50. The number of H-pyrrole nitrogens is 1. The number of nitrogens with two attached hydrogens (primary N) is 1. The number of benzene rings is 1. The van der Waals surface area contributed by atoms with Crippen LogP contribution in [-0.2, 0) is 10.0 Å². The summed E-state index contributed by atoms with van der Waals surface area (Å²) in [4.78, 5) is 10.7. The number of anilines is 1. The lowest BCUT2D eigenvalue weighted by Crippen LogP contribution is -2.17. The molecule has 0 spiro atoms. The van der Waals surface area contributed by atoms with E-state index in [0.717, 1.165) is 6.20 Å². The van der Waals surface area contributed by atoms with Crippen molar-refractivity contribution in [2.24, 2.45) is 5.14 Å². The minimum absolute atomic E-state index is 0.124. The second-order valence-corrected chi connectivity index (χ2v) is 7.63. The number of imidazole rings is 1. The van der Waals surface area contributed by atoms with E-state index in [1.807, 2.05) is 0 Å². The number of nitrogens with zero attached hydrogens (tertiary/aromatic N) is 2. The Morgan fingerprint density at radius 2 is 1.93 bits per heavy atom. The van der Waals surface area contributed by atoms with Crippen molar-refractivity contribution < 1.29 is 17.2 Å². The number of rotatable bonds is 5. The summed E-state index contributed by atoms with van der Waals surface area (Å²) in [5.41, 5.74) is 0.640. The molecule has 0 amide bonds. The molecule has 2 heterocycles. The first kappa shape index (κ1) is 19.2. The second-order valence-electron chi connectivity index (χ2n) is 5.69. The molecule has 142 valence electrons. The fourth-order valence-electron chi connectivity index (χ4n) is 2.38. The third-order valence-electron chi connectivity index (χ3n) is 3.74. The van der Waals surface area contributed by atoms with Crippen LogP contribution in [0.2, 0.25) is 5.02 Å². The van der Waals surface area contributed by atoms with Crippen LogP contribution >= 0.6 is 11.6 Å². The lowest BCUT2D eigenvalue weighted by Gasteiger charge is -2.18. The molecule has 27 heavy (non-hydrogen) atoms. The van der Waals surface area contributed by atoms with Crippen molar-refractivity contribution in [3.8, 4) is 0 Å². The van der Waals surface area contributed by atoms with Crippen LogP contribution in [0.3, 0.4) is 0 Å². The molecule has 3 rings (SSSR count). The number of pyridine rings is 1. The number of aromatic amines is 1. The summed E-state index contributed by atoms with van der Waals surface area (Å²) in [6.07, 6.45) is 1.06. The van der Waals surface area contributed by atoms with E-state index in [4.69, 9.17) is 16.7 Å². The van der Waals surface area contributed by atoms with Crippen molar-refractivity contribution in [2.75, 3.05) is 5.32 Å². The van der Waals surface area contributed by atoms with Gasteiger partial charge in [-0.1, -0.05) is 17.7 Å². The van der Waals surface area contributed by atoms with Gasteiger partial charge in [0.15, 0.2) is 5.03 Å². The van der Waals surface area contributed by atoms with Crippen LogP contribution in [0.1, 0.15) is 23.1 Å². The first-order chi connectivity index (χ1) is 12.6. The van der Waals surface area contributed by atoms with Gasteiger partial charge in [-0.05, 0) is 36.8 Å². The Balaban J connectivity index is 2.06. The molecule has 0 bridgehead atoms. The molecule has 2 aromatic heterocycles. The predicted molar refractivity (Wildman–Crippen MR) is 95.8 cm³/mol. The van der Waals surface area contributed by atoms with E-state index < -0.39 is 27.7 Å². The molecule has 0 radical (unpaired) electrons. The zero-order valence-corrected chi connectivity index (χ0v) is 15.4. The quantitative estimate of drug-likeness (QED) is 0.595. The first-order valence-corrected chi connectivity index (χ1v) is 9.50. The van der Waals surface area contributed by atoms with Gasteiger partial charge >= 0.3 is 0 Å². The smallest absolute Gasteiger partial charge is 0.255 e. The Hall–Kier alpha value is -2.56. The molecule has 0 fully saturated rings. The highest BCUT2D eigenvalue weighted by atomic mass is 35.5. The number of primary sulfonamides is 1. The molecule has 0 saturated heterocycles. The molecule has 1 aromatic carbocycles. The maximum Gasteiger partial charge on any atom is 0.255 e. The fraction of sp³-hybridized carbons (Fsp3) is 0.125. The molecule has 0 aliphatic heterocycles. The number of hydrogen-bond donors (Lipinski definition) is 3. The molecule has 0 aliphatic carbocycles.